The highest BCUT2D eigenvalue weighted by Crippen LogP contribution is 2.30. The van der Waals surface area contributed by atoms with Gasteiger partial charge in [0.1, 0.15) is 5.69 Å². The lowest BCUT2D eigenvalue weighted by Crippen LogP contribution is -2.47. The van der Waals surface area contributed by atoms with E-state index in [1.54, 1.807) is 10.5 Å². The summed E-state index contributed by atoms with van der Waals surface area (Å²) < 4.78 is 25.3. The molecule has 0 atom stereocenters. The Morgan fingerprint density at radius 2 is 2.04 bits per heavy atom. The van der Waals surface area contributed by atoms with E-state index in [9.17, 15) is 8.42 Å². The van der Waals surface area contributed by atoms with Crippen molar-refractivity contribution in [3.05, 3.63) is 24.4 Å². The zero-order valence-corrected chi connectivity index (χ0v) is 15.4. The van der Waals surface area contributed by atoms with Gasteiger partial charge in [-0.3, -0.25) is 4.98 Å². The van der Waals surface area contributed by atoms with Crippen molar-refractivity contribution in [2.75, 3.05) is 30.8 Å². The van der Waals surface area contributed by atoms with E-state index >= 15 is 0 Å². The molecule has 1 saturated heterocycles. The van der Waals surface area contributed by atoms with Gasteiger partial charge in [0.2, 0.25) is 15.2 Å². The number of rotatable bonds is 5. The first kappa shape index (κ1) is 17.2. The number of sulfonamides is 1. The van der Waals surface area contributed by atoms with Gasteiger partial charge in [0.15, 0.2) is 5.01 Å². The van der Waals surface area contributed by atoms with Crippen LogP contribution < -0.4 is 4.90 Å². The summed E-state index contributed by atoms with van der Waals surface area (Å²) in [6.07, 6.45) is 4.64. The van der Waals surface area contributed by atoms with Crippen molar-refractivity contribution in [2.45, 2.75) is 25.8 Å². The van der Waals surface area contributed by atoms with Crippen LogP contribution in [-0.2, 0) is 10.0 Å². The Balaban J connectivity index is 1.66. The highest BCUT2D eigenvalue weighted by Gasteiger charge is 2.30. The second kappa shape index (κ2) is 7.12. The van der Waals surface area contributed by atoms with Gasteiger partial charge in [0.05, 0.1) is 6.26 Å². The molecule has 7 nitrogen and oxygen atoms in total. The van der Waals surface area contributed by atoms with Gasteiger partial charge in [-0.2, -0.15) is 4.31 Å². The van der Waals surface area contributed by atoms with Crippen molar-refractivity contribution < 1.29 is 8.42 Å². The predicted octanol–water partition coefficient (Wildman–Crippen LogP) is 1.85. The molecule has 0 aromatic carbocycles. The fourth-order valence-electron chi connectivity index (χ4n) is 3.04. The Morgan fingerprint density at radius 1 is 1.29 bits per heavy atom. The van der Waals surface area contributed by atoms with E-state index in [-0.39, 0.29) is 6.04 Å². The van der Waals surface area contributed by atoms with Crippen molar-refractivity contribution in [3.63, 3.8) is 0 Å². The first-order valence-corrected chi connectivity index (χ1v) is 10.6. The molecule has 0 N–H and O–H groups in total. The van der Waals surface area contributed by atoms with Gasteiger partial charge in [-0.1, -0.05) is 24.3 Å². The van der Waals surface area contributed by atoms with Crippen molar-refractivity contribution in [1.82, 2.24) is 19.5 Å². The molecule has 0 unspecified atom stereocenters. The van der Waals surface area contributed by atoms with Gasteiger partial charge in [-0.25, -0.2) is 8.42 Å². The number of piperidine rings is 1. The van der Waals surface area contributed by atoms with Gasteiger partial charge in [-0.15, -0.1) is 10.2 Å². The topological polar surface area (TPSA) is 79.3 Å². The van der Waals surface area contributed by atoms with Gasteiger partial charge in [0.25, 0.3) is 0 Å². The number of aromatic nitrogens is 3. The largest absolute Gasteiger partial charge is 0.347 e. The van der Waals surface area contributed by atoms with E-state index in [2.05, 4.69) is 20.1 Å². The zero-order chi connectivity index (χ0) is 17.2. The van der Waals surface area contributed by atoms with E-state index in [1.807, 2.05) is 25.1 Å². The summed E-state index contributed by atoms with van der Waals surface area (Å²) in [6.45, 7) is 3.98. The maximum Gasteiger partial charge on any atom is 0.211 e. The molecule has 0 amide bonds. The molecule has 1 aliphatic heterocycles. The van der Waals surface area contributed by atoms with E-state index in [4.69, 9.17) is 0 Å². The molecular weight excluding hydrogens is 346 g/mol. The molecule has 0 radical (unpaired) electrons. The second-order valence-electron chi connectivity index (χ2n) is 5.79. The van der Waals surface area contributed by atoms with Crippen molar-refractivity contribution >= 4 is 26.5 Å². The molecule has 3 heterocycles. The summed E-state index contributed by atoms with van der Waals surface area (Å²) in [5.74, 6) is 0. The molecule has 1 fully saturated rings. The van der Waals surface area contributed by atoms with Gasteiger partial charge in [0, 0.05) is 31.9 Å². The third kappa shape index (κ3) is 3.73. The fourth-order valence-corrected chi connectivity index (χ4v) is 5.14. The van der Waals surface area contributed by atoms with E-state index in [0.717, 1.165) is 41.8 Å². The quantitative estimate of drug-likeness (QED) is 0.802. The third-order valence-corrected chi connectivity index (χ3v) is 6.59. The standard InChI is InChI=1S/C15H21N5O2S2/c1-3-20(24(2,21)22)12-7-10-19(11-8-12)15-18-17-14(23-15)13-6-4-5-9-16-13/h4-6,9,12H,3,7-8,10-11H2,1-2H3. The molecule has 1 aliphatic rings. The van der Waals surface area contributed by atoms with Crippen molar-refractivity contribution in [2.24, 2.45) is 0 Å². The van der Waals surface area contributed by atoms with Crippen LogP contribution in [0.3, 0.4) is 0 Å². The minimum atomic E-state index is -3.15. The fraction of sp³-hybridized carbons (Fsp3) is 0.533. The third-order valence-electron chi connectivity index (χ3n) is 4.18. The second-order valence-corrected chi connectivity index (χ2v) is 8.68. The highest BCUT2D eigenvalue weighted by atomic mass is 32.2. The van der Waals surface area contributed by atoms with Crippen LogP contribution in [0.2, 0.25) is 0 Å². The van der Waals surface area contributed by atoms with Crippen LogP contribution in [0, 0.1) is 0 Å². The summed E-state index contributed by atoms with van der Waals surface area (Å²) in [5.41, 5.74) is 0.824. The summed E-state index contributed by atoms with van der Waals surface area (Å²) in [4.78, 5) is 6.47. The Labute approximate surface area is 146 Å². The molecule has 3 rings (SSSR count). The lowest BCUT2D eigenvalue weighted by atomic mass is 10.1. The molecule has 0 bridgehead atoms. The monoisotopic (exact) mass is 367 g/mol. The smallest absolute Gasteiger partial charge is 0.211 e. The van der Waals surface area contributed by atoms with Crippen molar-refractivity contribution in [1.29, 1.82) is 0 Å². The first-order chi connectivity index (χ1) is 11.5. The molecule has 0 saturated carbocycles. The summed E-state index contributed by atoms with van der Waals surface area (Å²) in [6, 6.07) is 5.79. The highest BCUT2D eigenvalue weighted by molar-refractivity contribution is 7.88. The normalized spacial score (nSPS) is 16.7. The number of pyridine rings is 1. The first-order valence-electron chi connectivity index (χ1n) is 7.95. The molecule has 9 heteroatoms. The summed E-state index contributed by atoms with van der Waals surface area (Å²) >= 11 is 1.52. The Hall–Kier alpha value is -1.58. The molecule has 2 aromatic rings. The minimum Gasteiger partial charge on any atom is -0.347 e. The van der Waals surface area contributed by atoms with Crippen molar-refractivity contribution in [3.8, 4) is 10.7 Å². The Kier molecular flexibility index (Phi) is 5.12. The maximum atomic E-state index is 11.9. The predicted molar refractivity (Wildman–Crippen MR) is 95.6 cm³/mol. The lowest BCUT2D eigenvalue weighted by Gasteiger charge is -2.36. The van der Waals surface area contributed by atoms with Gasteiger partial charge in [-0.05, 0) is 25.0 Å². The molecular formula is C15H21N5O2S2. The molecule has 0 aliphatic carbocycles. The summed E-state index contributed by atoms with van der Waals surface area (Å²) in [7, 11) is -3.15. The molecule has 0 spiro atoms. The van der Waals surface area contributed by atoms with E-state index in [0.29, 0.717) is 6.54 Å². The average molecular weight is 368 g/mol. The Bertz CT molecular complexity index is 770. The number of hydrogen-bond acceptors (Lipinski definition) is 7. The van der Waals surface area contributed by atoms with Crippen LogP contribution in [0.15, 0.2) is 24.4 Å². The van der Waals surface area contributed by atoms with E-state index < -0.39 is 10.0 Å². The van der Waals surface area contributed by atoms with Gasteiger partial charge < -0.3 is 4.90 Å². The van der Waals surface area contributed by atoms with Gasteiger partial charge >= 0.3 is 0 Å². The zero-order valence-electron chi connectivity index (χ0n) is 13.8. The lowest BCUT2D eigenvalue weighted by molar-refractivity contribution is 0.285. The van der Waals surface area contributed by atoms with Crippen LogP contribution in [0.1, 0.15) is 19.8 Å². The Morgan fingerprint density at radius 3 is 2.62 bits per heavy atom. The molecule has 24 heavy (non-hydrogen) atoms. The van der Waals surface area contributed by atoms with Crippen LogP contribution >= 0.6 is 11.3 Å². The maximum absolute atomic E-state index is 11.9. The van der Waals surface area contributed by atoms with Crippen LogP contribution in [0.5, 0.6) is 0 Å². The molecule has 2 aromatic heterocycles. The van der Waals surface area contributed by atoms with Crippen LogP contribution in [0.25, 0.3) is 10.7 Å². The van der Waals surface area contributed by atoms with Crippen LogP contribution in [-0.4, -0.2) is 59.8 Å². The number of nitrogens with zero attached hydrogens (tertiary/aromatic N) is 5. The summed E-state index contributed by atoms with van der Waals surface area (Å²) in [5, 5.41) is 10.2. The number of hydrogen-bond donors (Lipinski definition) is 0. The SMILES string of the molecule is CCN(C1CCN(c2nnc(-c3ccccn3)s2)CC1)S(C)(=O)=O. The van der Waals surface area contributed by atoms with Crippen LogP contribution in [0.4, 0.5) is 5.13 Å². The molecule has 130 valence electrons. The minimum absolute atomic E-state index is 0.0735. The average Bonchev–Trinajstić information content (AvgIpc) is 3.06. The number of anilines is 1. The van der Waals surface area contributed by atoms with E-state index in [1.165, 1.54) is 17.6 Å².